The molecule has 3 atom stereocenters. The second kappa shape index (κ2) is 8.86. The first-order chi connectivity index (χ1) is 11.2. The predicted octanol–water partition coefficient (Wildman–Crippen LogP) is 3.49. The van der Waals surface area contributed by atoms with E-state index in [1.54, 1.807) is 6.07 Å². The molecule has 5 heteroatoms. The van der Waals surface area contributed by atoms with Gasteiger partial charge in [0.2, 0.25) is 0 Å². The number of aromatic hydroxyl groups is 1. The van der Waals surface area contributed by atoms with E-state index in [4.69, 9.17) is 9.47 Å². The van der Waals surface area contributed by atoms with Gasteiger partial charge in [-0.15, -0.1) is 6.07 Å². The Morgan fingerprint density at radius 1 is 1.33 bits per heavy atom. The van der Waals surface area contributed by atoms with Crippen molar-refractivity contribution in [2.24, 2.45) is 5.92 Å². The molecular formula is C19H19O4Y-. The van der Waals surface area contributed by atoms with Crippen molar-refractivity contribution in [2.75, 3.05) is 6.61 Å². The number of hydrogen-bond acceptors (Lipinski definition) is 4. The third-order valence-electron chi connectivity index (χ3n) is 4.03. The minimum atomic E-state index is -0.510. The van der Waals surface area contributed by atoms with Crippen molar-refractivity contribution in [3.63, 3.8) is 0 Å². The number of phenolic OH excluding ortho intramolecular Hbond substituents is 1. The first kappa shape index (κ1) is 19.3. The molecule has 3 rings (SSSR count). The summed E-state index contributed by atoms with van der Waals surface area (Å²) in [5.41, 5.74) is 2.55. The van der Waals surface area contributed by atoms with E-state index in [0.717, 1.165) is 17.4 Å². The van der Waals surface area contributed by atoms with Gasteiger partial charge in [-0.1, -0.05) is 42.8 Å². The summed E-state index contributed by atoms with van der Waals surface area (Å²) in [7, 11) is 0. The number of carbonyl (C=O) groups excluding carboxylic acids is 1. The molecule has 0 aromatic heterocycles. The molecule has 0 saturated carbocycles. The molecule has 1 aliphatic heterocycles. The van der Waals surface area contributed by atoms with Gasteiger partial charge in [0, 0.05) is 56.4 Å². The van der Waals surface area contributed by atoms with Gasteiger partial charge in [-0.05, 0) is 0 Å². The number of phenols is 1. The fourth-order valence-corrected chi connectivity index (χ4v) is 2.85. The average molecular weight is 400 g/mol. The van der Waals surface area contributed by atoms with E-state index in [9.17, 15) is 9.90 Å². The van der Waals surface area contributed by atoms with Crippen LogP contribution in [0.3, 0.4) is 0 Å². The van der Waals surface area contributed by atoms with Crippen LogP contribution in [0.25, 0.3) is 0 Å². The van der Waals surface area contributed by atoms with Crippen LogP contribution in [0.5, 0.6) is 5.75 Å². The quantitative estimate of drug-likeness (QED) is 0.631. The fraction of sp³-hybridized carbons (Fsp3) is 0.316. The second-order valence-corrected chi connectivity index (χ2v) is 5.78. The Labute approximate surface area is 167 Å². The minimum absolute atomic E-state index is 0. The zero-order chi connectivity index (χ0) is 16.2. The molecule has 123 valence electrons. The van der Waals surface area contributed by atoms with Crippen molar-refractivity contribution >= 4 is 6.29 Å². The topological polar surface area (TPSA) is 55.8 Å². The third kappa shape index (κ3) is 4.31. The predicted molar refractivity (Wildman–Crippen MR) is 84.8 cm³/mol. The van der Waals surface area contributed by atoms with Crippen molar-refractivity contribution in [1.29, 1.82) is 0 Å². The van der Waals surface area contributed by atoms with E-state index >= 15 is 0 Å². The summed E-state index contributed by atoms with van der Waals surface area (Å²) in [6.07, 6.45) is 0.267. The van der Waals surface area contributed by atoms with Gasteiger partial charge in [0.25, 0.3) is 0 Å². The van der Waals surface area contributed by atoms with Gasteiger partial charge in [-0.2, -0.15) is 17.7 Å². The molecule has 0 spiro atoms. The molecule has 0 amide bonds. The molecule has 1 N–H and O–H groups in total. The molecule has 1 aliphatic rings. The molecule has 0 aliphatic carbocycles. The standard InChI is InChI=1S/C19H19O4.Y/c1-13-7-8-17(21)16(11-13)18-15(9-10-20)12-22-19(23-18)14-5-3-2-4-6-14;/h2-7,10-11,15,18-19,21H,9,12H2,1H3;/q-1;/t15-,18+,19+;/m1./s1. The molecule has 0 bridgehead atoms. The maximum atomic E-state index is 11.0. The van der Waals surface area contributed by atoms with Crippen molar-refractivity contribution in [2.45, 2.75) is 25.7 Å². The third-order valence-corrected chi connectivity index (χ3v) is 4.03. The van der Waals surface area contributed by atoms with Crippen molar-refractivity contribution in [1.82, 2.24) is 0 Å². The molecule has 1 saturated heterocycles. The SMILES string of the molecule is Cc1c[c-]c(O)c([C@H]2O[C@@H](c3ccccc3)OC[C@H]2CC=O)c1.[Y]. The van der Waals surface area contributed by atoms with Crippen LogP contribution >= 0.6 is 0 Å². The summed E-state index contributed by atoms with van der Waals surface area (Å²) >= 11 is 0. The Hall–Kier alpha value is -1.07. The molecule has 2 aromatic rings. The van der Waals surface area contributed by atoms with Crippen LogP contribution in [0.2, 0.25) is 0 Å². The number of hydrogen-bond donors (Lipinski definition) is 1. The van der Waals surface area contributed by atoms with Crippen molar-refractivity contribution in [3.05, 3.63) is 65.2 Å². The van der Waals surface area contributed by atoms with Crippen LogP contribution in [-0.4, -0.2) is 18.0 Å². The van der Waals surface area contributed by atoms with Gasteiger partial charge in [0.1, 0.15) is 6.29 Å². The maximum absolute atomic E-state index is 11.0. The van der Waals surface area contributed by atoms with E-state index in [1.165, 1.54) is 0 Å². The molecule has 2 aromatic carbocycles. The van der Waals surface area contributed by atoms with Crippen LogP contribution in [0.4, 0.5) is 0 Å². The molecule has 0 unspecified atom stereocenters. The van der Waals surface area contributed by atoms with E-state index in [1.807, 2.05) is 43.3 Å². The zero-order valence-corrected chi connectivity index (χ0v) is 16.4. The van der Waals surface area contributed by atoms with Gasteiger partial charge >= 0.3 is 0 Å². The normalized spacial score (nSPS) is 23.3. The van der Waals surface area contributed by atoms with Crippen LogP contribution in [0.15, 0.2) is 42.5 Å². The van der Waals surface area contributed by atoms with Gasteiger partial charge in [0.15, 0.2) is 6.29 Å². The summed E-state index contributed by atoms with van der Waals surface area (Å²) in [6.45, 7) is 2.33. The molecule has 1 fully saturated rings. The van der Waals surface area contributed by atoms with Gasteiger partial charge in [-0.3, -0.25) is 0 Å². The maximum Gasteiger partial charge on any atom is 0.183 e. The number of aldehydes is 1. The number of rotatable bonds is 4. The van der Waals surface area contributed by atoms with Gasteiger partial charge < -0.3 is 19.4 Å². The van der Waals surface area contributed by atoms with Crippen molar-refractivity contribution < 1.29 is 52.1 Å². The number of carbonyl (C=O) groups is 1. The summed E-state index contributed by atoms with van der Waals surface area (Å²) < 4.78 is 11.9. The van der Waals surface area contributed by atoms with E-state index in [2.05, 4.69) is 6.07 Å². The second-order valence-electron chi connectivity index (χ2n) is 5.78. The fourth-order valence-electron chi connectivity index (χ4n) is 2.85. The molecule has 1 radical (unpaired) electrons. The van der Waals surface area contributed by atoms with Crippen LogP contribution in [0.1, 0.15) is 35.5 Å². The Balaban J connectivity index is 0.00000208. The number of ether oxygens (including phenoxy) is 2. The number of benzene rings is 2. The Morgan fingerprint density at radius 2 is 2.08 bits per heavy atom. The molecule has 1 heterocycles. The van der Waals surface area contributed by atoms with Crippen LogP contribution in [0, 0.1) is 18.9 Å². The minimum Gasteiger partial charge on any atom is -0.534 e. The summed E-state index contributed by atoms with van der Waals surface area (Å²) in [6, 6.07) is 16.1. The zero-order valence-electron chi connectivity index (χ0n) is 13.5. The molecular weight excluding hydrogens is 381 g/mol. The largest absolute Gasteiger partial charge is 0.534 e. The summed E-state index contributed by atoms with van der Waals surface area (Å²) in [5, 5.41) is 10.2. The van der Waals surface area contributed by atoms with Crippen LogP contribution < -0.4 is 0 Å². The Kier molecular flexibility index (Phi) is 7.11. The van der Waals surface area contributed by atoms with E-state index < -0.39 is 12.4 Å². The van der Waals surface area contributed by atoms with E-state index in [-0.39, 0.29) is 44.4 Å². The van der Waals surface area contributed by atoms with E-state index in [0.29, 0.717) is 18.6 Å². The number of aryl methyl sites for hydroxylation is 1. The van der Waals surface area contributed by atoms with Crippen LogP contribution in [-0.2, 0) is 47.0 Å². The first-order valence-corrected chi connectivity index (χ1v) is 7.66. The summed E-state index contributed by atoms with van der Waals surface area (Å²) in [5.74, 6) is -0.0706. The Bertz CT molecular complexity index is 674. The molecule has 24 heavy (non-hydrogen) atoms. The van der Waals surface area contributed by atoms with Crippen molar-refractivity contribution in [3.8, 4) is 5.75 Å². The Morgan fingerprint density at radius 3 is 2.79 bits per heavy atom. The van der Waals surface area contributed by atoms with Gasteiger partial charge in [-0.25, -0.2) is 0 Å². The molecule has 4 nitrogen and oxygen atoms in total. The monoisotopic (exact) mass is 400 g/mol. The first-order valence-electron chi connectivity index (χ1n) is 7.66. The summed E-state index contributed by atoms with van der Waals surface area (Å²) in [4.78, 5) is 11.0. The van der Waals surface area contributed by atoms with Gasteiger partial charge in [0.05, 0.1) is 12.7 Å². The average Bonchev–Trinajstić information content (AvgIpc) is 2.58. The smallest absolute Gasteiger partial charge is 0.183 e.